The number of ether oxygens (including phenoxy) is 4. The Morgan fingerprint density at radius 3 is 1.13 bits per heavy atom. The molecule has 0 bridgehead atoms. The molecule has 0 unspecified atom stereocenters. The Balaban J connectivity index is 0.000000236. The molecule has 332 valence electrons. The van der Waals surface area contributed by atoms with Crippen molar-refractivity contribution in [1.29, 1.82) is 0 Å². The second-order valence-electron chi connectivity index (χ2n) is 14.5. The number of aromatic nitrogens is 4. The minimum Gasteiger partial charge on any atom is -0.497 e. The molecule has 4 aromatic carbocycles. The van der Waals surface area contributed by atoms with Crippen LogP contribution in [-0.4, -0.2) is 92.4 Å². The van der Waals surface area contributed by atoms with Crippen LogP contribution in [-0.2, 0) is 65.9 Å². The maximum absolute atomic E-state index is 13.7. The van der Waals surface area contributed by atoms with Gasteiger partial charge in [0, 0.05) is 58.1 Å². The molecule has 0 aliphatic carbocycles. The van der Waals surface area contributed by atoms with E-state index in [4.69, 9.17) is 18.9 Å². The van der Waals surface area contributed by atoms with E-state index in [2.05, 4.69) is 10.2 Å². The molecule has 0 fully saturated rings. The van der Waals surface area contributed by atoms with Crippen LogP contribution in [0.1, 0.15) is 41.8 Å². The molecule has 0 amide bonds. The maximum atomic E-state index is 13.7. The predicted octanol–water partition coefficient (Wildman–Crippen LogP) is 6.68. The van der Waals surface area contributed by atoms with Crippen molar-refractivity contribution in [3.05, 3.63) is 143 Å². The van der Waals surface area contributed by atoms with Gasteiger partial charge in [-0.3, -0.25) is 9.36 Å². The van der Waals surface area contributed by atoms with Crippen molar-refractivity contribution in [2.45, 2.75) is 69.7 Å². The molecule has 0 spiro atoms. The van der Waals surface area contributed by atoms with Crippen LogP contribution < -0.4 is 18.9 Å². The van der Waals surface area contributed by atoms with E-state index in [1.165, 1.54) is 14.7 Å². The number of hydrogen-bond acceptors (Lipinski definition) is 11. The van der Waals surface area contributed by atoms with E-state index in [9.17, 15) is 16.8 Å². The summed E-state index contributed by atoms with van der Waals surface area (Å²) in [6, 6.07) is 32.7. The predicted molar refractivity (Wildman–Crippen MR) is 238 cm³/mol. The smallest absolute Gasteiger partial charge is 0.263 e. The average Bonchev–Trinajstić information content (AvgIpc) is 3.95. The Morgan fingerprint density at radius 1 is 0.484 bits per heavy atom. The van der Waals surface area contributed by atoms with Crippen LogP contribution in [0.25, 0.3) is 0 Å². The molecule has 15 nitrogen and oxygen atoms in total. The summed E-state index contributed by atoms with van der Waals surface area (Å²) in [5.41, 5.74) is 4.29. The monoisotopic (exact) mass is 887 g/mol. The van der Waals surface area contributed by atoms with Crippen LogP contribution in [0.2, 0.25) is 0 Å². The highest BCUT2D eigenvalue weighted by Gasteiger charge is 2.30. The Kier molecular flexibility index (Phi) is 16.7. The van der Waals surface area contributed by atoms with Crippen molar-refractivity contribution in [3.8, 4) is 23.0 Å². The van der Waals surface area contributed by atoms with E-state index >= 15 is 0 Å². The van der Waals surface area contributed by atoms with Crippen LogP contribution >= 0.6 is 0 Å². The van der Waals surface area contributed by atoms with Crippen molar-refractivity contribution in [1.82, 2.24) is 33.1 Å². The van der Waals surface area contributed by atoms with Crippen LogP contribution in [0.4, 0.5) is 0 Å². The number of rotatable bonds is 20. The van der Waals surface area contributed by atoms with Crippen molar-refractivity contribution in [3.63, 3.8) is 0 Å². The zero-order valence-electron chi connectivity index (χ0n) is 36.6. The number of nitrogens with zero attached hydrogens (tertiary/aromatic N) is 7. The van der Waals surface area contributed by atoms with Crippen molar-refractivity contribution in [2.24, 2.45) is 0 Å². The minimum absolute atomic E-state index is 0.0429. The first-order valence-electron chi connectivity index (χ1n) is 20.0. The van der Waals surface area contributed by atoms with E-state index in [1.807, 2.05) is 130 Å². The van der Waals surface area contributed by atoms with E-state index in [0.29, 0.717) is 19.6 Å². The summed E-state index contributed by atoms with van der Waals surface area (Å²) in [4.78, 5) is 1.99. The molecule has 2 heterocycles. The van der Waals surface area contributed by atoms with Gasteiger partial charge in [-0.1, -0.05) is 48.5 Å². The molecule has 0 saturated heterocycles. The van der Waals surface area contributed by atoms with Crippen molar-refractivity contribution < 1.29 is 35.8 Å². The van der Waals surface area contributed by atoms with Gasteiger partial charge < -0.3 is 23.8 Å². The van der Waals surface area contributed by atoms with Crippen LogP contribution in [0.15, 0.2) is 125 Å². The molecule has 62 heavy (non-hydrogen) atoms. The summed E-state index contributed by atoms with van der Waals surface area (Å²) in [6.07, 6.45) is 1.67. The molecular formula is C45H57N7O8S2. The second-order valence-corrected chi connectivity index (χ2v) is 18.2. The van der Waals surface area contributed by atoms with Crippen LogP contribution in [0.5, 0.6) is 23.0 Å². The molecule has 0 atom stereocenters. The maximum Gasteiger partial charge on any atom is 0.263 e. The molecule has 2 aromatic heterocycles. The molecule has 0 saturated carbocycles. The summed E-state index contributed by atoms with van der Waals surface area (Å²) in [5, 5.41) is 8.74. The Bertz CT molecular complexity index is 2430. The SMILES string of the molecule is CCn1ccc(S(=O)(=O)N(Cc2ccc(OC)cc2)Cc2ccc(OC)cc2)n1.CCn1nc(S(=O)(=O)N(Cc2ccc(OC)cc2)Cc2ccc(OC)cc2)cc1CN(C)C. The van der Waals surface area contributed by atoms with Crippen LogP contribution in [0.3, 0.4) is 0 Å². The van der Waals surface area contributed by atoms with Crippen LogP contribution in [0, 0.1) is 0 Å². The van der Waals surface area contributed by atoms with E-state index in [1.54, 1.807) is 50.1 Å². The van der Waals surface area contributed by atoms with E-state index in [0.717, 1.165) is 50.9 Å². The largest absolute Gasteiger partial charge is 0.497 e. The van der Waals surface area contributed by atoms with Gasteiger partial charge in [0.05, 0.1) is 34.1 Å². The third kappa shape index (κ3) is 12.4. The van der Waals surface area contributed by atoms with Crippen molar-refractivity contribution >= 4 is 20.0 Å². The topological polar surface area (TPSA) is 151 Å². The normalized spacial score (nSPS) is 11.7. The fraction of sp³-hybridized carbons (Fsp3) is 0.333. The number of sulfonamides is 2. The van der Waals surface area contributed by atoms with Gasteiger partial charge in [-0.15, -0.1) is 0 Å². The number of hydrogen-bond donors (Lipinski definition) is 0. The first-order valence-corrected chi connectivity index (χ1v) is 22.9. The molecular weight excluding hydrogens is 831 g/mol. The highest BCUT2D eigenvalue weighted by Crippen LogP contribution is 2.25. The lowest BCUT2D eigenvalue weighted by molar-refractivity contribution is 0.382. The molecule has 0 N–H and O–H groups in total. The third-order valence-corrected chi connectivity index (χ3v) is 13.2. The quantitative estimate of drug-likeness (QED) is 0.0808. The molecule has 0 aliphatic heterocycles. The van der Waals surface area contributed by atoms with Gasteiger partial charge in [0.1, 0.15) is 23.0 Å². The lowest BCUT2D eigenvalue weighted by Crippen LogP contribution is -2.30. The minimum atomic E-state index is -3.86. The zero-order chi connectivity index (χ0) is 44.9. The van der Waals surface area contributed by atoms with Gasteiger partial charge in [-0.2, -0.15) is 18.8 Å². The fourth-order valence-corrected chi connectivity index (χ4v) is 9.12. The lowest BCUT2D eigenvalue weighted by atomic mass is 10.2. The Labute approximate surface area is 366 Å². The Morgan fingerprint density at radius 2 is 0.839 bits per heavy atom. The Hall–Kier alpha value is -5.72. The summed E-state index contributed by atoms with van der Waals surface area (Å²) in [7, 11) is 2.65. The van der Waals surface area contributed by atoms with E-state index < -0.39 is 20.0 Å². The van der Waals surface area contributed by atoms with Gasteiger partial charge >= 0.3 is 0 Å². The lowest BCUT2D eigenvalue weighted by Gasteiger charge is -2.21. The number of benzene rings is 4. The van der Waals surface area contributed by atoms with Gasteiger partial charge in [-0.25, -0.2) is 16.8 Å². The van der Waals surface area contributed by atoms with Gasteiger partial charge in [0.15, 0.2) is 10.1 Å². The molecule has 6 rings (SSSR count). The van der Waals surface area contributed by atoms with E-state index in [-0.39, 0.29) is 36.2 Å². The molecule has 0 radical (unpaired) electrons. The standard InChI is InChI=1S/C24H32N4O4S.C21H25N3O4S/c1-6-28-21(18-26(2)3)15-24(25-28)33(29,30)27(16-19-7-11-22(31-4)12-8-19)17-20-9-13-23(32-5)14-10-20;1-4-23-14-13-21(22-23)29(25,26)24(15-17-5-9-19(27-2)10-6-17)16-18-7-11-20(28-3)12-8-18/h7-15H,6,16-18H2,1-5H3;5-14H,4,15-16H2,1-3H3. The number of aryl methyl sites for hydroxylation is 2. The molecule has 0 aliphatic rings. The average molecular weight is 888 g/mol. The van der Waals surface area contributed by atoms with Gasteiger partial charge in [-0.05, 0) is 105 Å². The highest BCUT2D eigenvalue weighted by atomic mass is 32.2. The molecule has 17 heteroatoms. The van der Waals surface area contributed by atoms with Gasteiger partial charge in [0.2, 0.25) is 0 Å². The first-order chi connectivity index (χ1) is 29.7. The first kappa shape index (κ1) is 47.3. The van der Waals surface area contributed by atoms with Gasteiger partial charge in [0.25, 0.3) is 20.0 Å². The summed E-state index contributed by atoms with van der Waals surface area (Å²) in [5.74, 6) is 2.89. The third-order valence-electron chi connectivity index (χ3n) is 9.84. The van der Waals surface area contributed by atoms with Crippen molar-refractivity contribution in [2.75, 3.05) is 42.5 Å². The summed E-state index contributed by atoms with van der Waals surface area (Å²) in [6.45, 7) is 6.52. The second kappa shape index (κ2) is 21.9. The summed E-state index contributed by atoms with van der Waals surface area (Å²) < 4.78 is 81.2. The highest BCUT2D eigenvalue weighted by molar-refractivity contribution is 7.89. The zero-order valence-corrected chi connectivity index (χ0v) is 38.3. The fourth-order valence-electron chi connectivity index (χ4n) is 6.39. The number of methoxy groups -OCH3 is 4. The summed E-state index contributed by atoms with van der Waals surface area (Å²) >= 11 is 0. The molecule has 6 aromatic rings.